The van der Waals surface area contributed by atoms with E-state index in [2.05, 4.69) is 61.4 Å². The first kappa shape index (κ1) is 30.4. The molecule has 0 radical (unpaired) electrons. The number of aromatic amines is 1. The number of carbonyl (C=O) groups is 1. The first-order chi connectivity index (χ1) is 20.4. The molecule has 1 aromatic carbocycles. The van der Waals surface area contributed by atoms with Crippen LogP contribution in [0.3, 0.4) is 0 Å². The van der Waals surface area contributed by atoms with Gasteiger partial charge in [0.05, 0.1) is 13.1 Å². The van der Waals surface area contributed by atoms with Gasteiger partial charge in [-0.25, -0.2) is 9.97 Å². The minimum atomic E-state index is -0.765. The number of piperidine rings is 1. The molecule has 2 aliphatic rings. The van der Waals surface area contributed by atoms with Gasteiger partial charge < -0.3 is 24.5 Å². The topological polar surface area (TPSA) is 93.5 Å². The number of hydrogen-bond acceptors (Lipinski definition) is 6. The van der Waals surface area contributed by atoms with Gasteiger partial charge in [0.1, 0.15) is 11.6 Å². The lowest BCUT2D eigenvalue weighted by molar-refractivity contribution is -0.136. The second-order valence-corrected chi connectivity index (χ2v) is 13.0. The predicted molar refractivity (Wildman–Crippen MR) is 165 cm³/mol. The van der Waals surface area contributed by atoms with Crippen molar-refractivity contribution in [2.75, 3.05) is 39.3 Å². The molecule has 2 aliphatic heterocycles. The van der Waals surface area contributed by atoms with Gasteiger partial charge in [0.2, 0.25) is 0 Å². The Labute approximate surface area is 251 Å². The third-order valence-corrected chi connectivity index (χ3v) is 9.05. The summed E-state index contributed by atoms with van der Waals surface area (Å²) in [6, 6.07) is 8.27. The maximum Gasteiger partial charge on any atom is 0.303 e. The number of carboxylic acid groups (broad SMARTS) is 1. The fourth-order valence-electron chi connectivity index (χ4n) is 6.87. The van der Waals surface area contributed by atoms with Gasteiger partial charge in [-0.3, -0.25) is 9.69 Å². The van der Waals surface area contributed by atoms with E-state index in [4.69, 9.17) is 10.1 Å². The molecule has 2 aromatic heterocycles. The van der Waals surface area contributed by atoms with E-state index in [1.807, 2.05) is 24.5 Å². The Morgan fingerprint density at radius 2 is 1.81 bits per heavy atom. The highest BCUT2D eigenvalue weighted by atomic mass is 16.4. The van der Waals surface area contributed by atoms with Crippen LogP contribution >= 0.6 is 0 Å². The van der Waals surface area contributed by atoms with Crippen molar-refractivity contribution in [2.45, 2.75) is 78.6 Å². The van der Waals surface area contributed by atoms with Crippen LogP contribution in [0.2, 0.25) is 0 Å². The lowest BCUT2D eigenvalue weighted by Gasteiger charge is -2.40. The van der Waals surface area contributed by atoms with Gasteiger partial charge in [-0.05, 0) is 80.7 Å². The van der Waals surface area contributed by atoms with Crippen molar-refractivity contribution in [3.8, 4) is 0 Å². The molecule has 9 heteroatoms. The molecule has 9 nitrogen and oxygen atoms in total. The standard InChI is InChI=1S/C33H49N7O2/c1-27(2)22-37-17-9-33(10-18-37)11-19-38(26-33)15-4-16-40-20-14-36-31(40)25-39(24-30-34-12-13-35-30)23-29-6-3-5-28(21-29)7-8-32(41)42/h3,5-6,12-14,20-21,27H,4,7-11,15-19,22-26H2,1-2H3,(H,34,35)(H,41,42). The Bertz CT molecular complexity index is 1250. The summed E-state index contributed by atoms with van der Waals surface area (Å²) in [4.78, 5) is 31.2. The highest BCUT2D eigenvalue weighted by Crippen LogP contribution is 2.40. The molecule has 2 fully saturated rings. The molecule has 0 saturated carbocycles. The summed E-state index contributed by atoms with van der Waals surface area (Å²) < 4.78 is 2.31. The summed E-state index contributed by atoms with van der Waals surface area (Å²) in [6.45, 7) is 15.2. The number of aliphatic carboxylic acids is 1. The predicted octanol–water partition coefficient (Wildman–Crippen LogP) is 4.66. The molecule has 5 rings (SSSR count). The fraction of sp³-hybridized carbons (Fsp3) is 0.606. The van der Waals surface area contributed by atoms with Crippen molar-refractivity contribution in [1.29, 1.82) is 0 Å². The normalized spacial score (nSPS) is 17.6. The second-order valence-electron chi connectivity index (χ2n) is 13.0. The van der Waals surface area contributed by atoms with E-state index in [1.165, 1.54) is 57.5 Å². The number of benzene rings is 1. The number of likely N-dealkylation sites (tertiary alicyclic amines) is 2. The van der Waals surface area contributed by atoms with Gasteiger partial charge in [-0.2, -0.15) is 0 Å². The maximum atomic E-state index is 11.1. The van der Waals surface area contributed by atoms with E-state index in [-0.39, 0.29) is 6.42 Å². The van der Waals surface area contributed by atoms with Gasteiger partial charge in [0.25, 0.3) is 0 Å². The van der Waals surface area contributed by atoms with Gasteiger partial charge in [-0.15, -0.1) is 0 Å². The van der Waals surface area contributed by atoms with E-state index < -0.39 is 5.97 Å². The number of nitrogens with zero attached hydrogens (tertiary/aromatic N) is 6. The minimum absolute atomic E-state index is 0.145. The molecule has 0 bridgehead atoms. The van der Waals surface area contributed by atoms with Crippen molar-refractivity contribution in [1.82, 2.24) is 34.2 Å². The van der Waals surface area contributed by atoms with Crippen LogP contribution in [-0.4, -0.2) is 84.6 Å². The molecule has 3 aromatic rings. The monoisotopic (exact) mass is 575 g/mol. The molecule has 228 valence electrons. The molecule has 2 saturated heterocycles. The third-order valence-electron chi connectivity index (χ3n) is 9.05. The summed E-state index contributed by atoms with van der Waals surface area (Å²) in [5, 5.41) is 9.08. The van der Waals surface area contributed by atoms with E-state index in [1.54, 1.807) is 6.20 Å². The van der Waals surface area contributed by atoms with Gasteiger partial charge >= 0.3 is 5.97 Å². The number of aryl methyl sites for hydroxylation is 2. The second kappa shape index (κ2) is 14.4. The number of H-pyrrole nitrogens is 1. The van der Waals surface area contributed by atoms with Gasteiger partial charge in [0.15, 0.2) is 0 Å². The van der Waals surface area contributed by atoms with Crippen molar-refractivity contribution >= 4 is 5.97 Å². The van der Waals surface area contributed by atoms with Crippen LogP contribution in [0.4, 0.5) is 0 Å². The zero-order chi connectivity index (χ0) is 29.4. The quantitative estimate of drug-likeness (QED) is 0.272. The summed E-state index contributed by atoms with van der Waals surface area (Å²) >= 11 is 0. The van der Waals surface area contributed by atoms with Crippen LogP contribution in [0.1, 0.15) is 68.7 Å². The van der Waals surface area contributed by atoms with Crippen LogP contribution in [0.5, 0.6) is 0 Å². The van der Waals surface area contributed by atoms with E-state index in [0.29, 0.717) is 24.9 Å². The molecule has 0 atom stereocenters. The molecule has 42 heavy (non-hydrogen) atoms. The number of rotatable bonds is 15. The van der Waals surface area contributed by atoms with Crippen LogP contribution in [0.25, 0.3) is 0 Å². The summed E-state index contributed by atoms with van der Waals surface area (Å²) in [5.74, 6) is 1.98. The van der Waals surface area contributed by atoms with Gasteiger partial charge in [-0.1, -0.05) is 38.1 Å². The SMILES string of the molecule is CC(C)CN1CCC2(CC1)CCN(CCCn1ccnc1CN(Cc1cccc(CCC(=O)O)c1)Cc1ncc[nH]1)C2. The highest BCUT2D eigenvalue weighted by molar-refractivity contribution is 5.67. The fourth-order valence-corrected chi connectivity index (χ4v) is 6.87. The number of carboxylic acids is 1. The van der Waals surface area contributed by atoms with E-state index in [9.17, 15) is 4.79 Å². The summed E-state index contributed by atoms with van der Waals surface area (Å²) in [6.07, 6.45) is 13.6. The largest absolute Gasteiger partial charge is 0.481 e. The number of aromatic nitrogens is 4. The number of hydrogen-bond donors (Lipinski definition) is 2. The Kier molecular flexibility index (Phi) is 10.5. The van der Waals surface area contributed by atoms with Crippen molar-refractivity contribution < 1.29 is 9.90 Å². The number of nitrogens with one attached hydrogen (secondary N) is 1. The number of imidazole rings is 2. The first-order valence-corrected chi connectivity index (χ1v) is 15.8. The van der Waals surface area contributed by atoms with Gasteiger partial charge in [0, 0.05) is 57.4 Å². The zero-order valence-electron chi connectivity index (χ0n) is 25.5. The zero-order valence-corrected chi connectivity index (χ0v) is 25.5. The van der Waals surface area contributed by atoms with E-state index in [0.717, 1.165) is 49.2 Å². The van der Waals surface area contributed by atoms with Crippen molar-refractivity contribution in [3.63, 3.8) is 0 Å². The Morgan fingerprint density at radius 3 is 2.55 bits per heavy atom. The highest BCUT2D eigenvalue weighted by Gasteiger charge is 2.40. The maximum absolute atomic E-state index is 11.1. The minimum Gasteiger partial charge on any atom is -0.481 e. The smallest absolute Gasteiger partial charge is 0.303 e. The Morgan fingerprint density at radius 1 is 1.02 bits per heavy atom. The Balaban J connectivity index is 1.14. The third kappa shape index (κ3) is 8.75. The van der Waals surface area contributed by atoms with E-state index >= 15 is 0 Å². The Hall–Kier alpha value is -3.01. The lowest BCUT2D eigenvalue weighted by atomic mass is 9.77. The van der Waals surface area contributed by atoms with Crippen molar-refractivity contribution in [3.05, 3.63) is 71.8 Å². The molecule has 0 unspecified atom stereocenters. The first-order valence-electron chi connectivity index (χ1n) is 15.8. The van der Waals surface area contributed by atoms with Crippen LogP contribution in [0.15, 0.2) is 49.1 Å². The molecule has 0 aliphatic carbocycles. The molecule has 2 N–H and O–H groups in total. The molecular formula is C33H49N7O2. The summed E-state index contributed by atoms with van der Waals surface area (Å²) in [5.41, 5.74) is 2.77. The van der Waals surface area contributed by atoms with Crippen LogP contribution in [0, 0.1) is 11.3 Å². The molecule has 1 spiro atoms. The summed E-state index contributed by atoms with van der Waals surface area (Å²) in [7, 11) is 0. The molecule has 4 heterocycles. The van der Waals surface area contributed by atoms with Crippen molar-refractivity contribution in [2.24, 2.45) is 11.3 Å². The average molecular weight is 576 g/mol. The molecular weight excluding hydrogens is 526 g/mol. The average Bonchev–Trinajstić information content (AvgIpc) is 3.72. The van der Waals surface area contributed by atoms with Crippen LogP contribution < -0.4 is 0 Å². The lowest BCUT2D eigenvalue weighted by Crippen LogP contribution is -2.42. The van der Waals surface area contributed by atoms with Crippen LogP contribution in [-0.2, 0) is 37.4 Å². The molecule has 0 amide bonds.